The summed E-state index contributed by atoms with van der Waals surface area (Å²) < 4.78 is 1.35. The minimum atomic E-state index is -2.76. The van der Waals surface area contributed by atoms with E-state index in [-0.39, 0.29) is 46.0 Å². The molecule has 4 amide bonds. The standard InChI is InChI=1S/C41H44N8O10/c1-22-8-5-10-24-18-26-32(46-30(22)24)28(34(52)44-14-16-50)20-48(36(26)54)40(58,38(56)42-3)12-7-13-41(59,39(57)43-4)49-21-29(35(53)45-15-17-51)33-27(37(49)55)19-25-11-6-9-23(2)31(25)47-33/h5-6,8-11,18-21,50-51,58-59H,7,12-17H2,1-4H3,(H,42,56)(H,43,57)(H,44,52)(H,45,53). The van der Waals surface area contributed by atoms with E-state index in [1.54, 1.807) is 50.2 Å². The predicted molar refractivity (Wildman–Crippen MR) is 218 cm³/mol. The minimum absolute atomic E-state index is 0.0244. The average Bonchev–Trinajstić information content (AvgIpc) is 3.23. The van der Waals surface area contributed by atoms with Gasteiger partial charge in [0.05, 0.1) is 57.2 Å². The second-order valence-electron chi connectivity index (χ2n) is 14.1. The van der Waals surface area contributed by atoms with Crippen molar-refractivity contribution in [1.29, 1.82) is 0 Å². The highest BCUT2D eigenvalue weighted by atomic mass is 16.3. The number of aliphatic hydroxyl groups excluding tert-OH is 2. The summed E-state index contributed by atoms with van der Waals surface area (Å²) >= 11 is 0. The number of likely N-dealkylation sites (N-methyl/N-ethyl adjacent to an activating group) is 2. The van der Waals surface area contributed by atoms with E-state index in [1.807, 2.05) is 0 Å². The van der Waals surface area contributed by atoms with Crippen LogP contribution in [0.3, 0.4) is 0 Å². The number of para-hydroxylation sites is 2. The summed E-state index contributed by atoms with van der Waals surface area (Å²) in [7, 11) is 2.42. The molecule has 0 aliphatic heterocycles. The number of hydrogen-bond acceptors (Lipinski definition) is 12. The molecule has 2 unspecified atom stereocenters. The molecule has 18 heteroatoms. The van der Waals surface area contributed by atoms with Crippen LogP contribution < -0.4 is 32.4 Å². The molecule has 6 aromatic rings. The number of nitrogens with one attached hydrogen (secondary N) is 4. The van der Waals surface area contributed by atoms with Gasteiger partial charge in [-0.25, -0.2) is 9.97 Å². The predicted octanol–water partition coefficient (Wildman–Crippen LogP) is 0.127. The molecule has 0 aliphatic carbocycles. The Balaban J connectivity index is 1.49. The summed E-state index contributed by atoms with van der Waals surface area (Å²) in [6.45, 7) is 2.48. The van der Waals surface area contributed by atoms with Crippen molar-refractivity contribution in [2.24, 2.45) is 0 Å². The van der Waals surface area contributed by atoms with Gasteiger partial charge in [-0.1, -0.05) is 36.4 Å². The first-order chi connectivity index (χ1) is 28.1. The summed E-state index contributed by atoms with van der Waals surface area (Å²) in [5.41, 5.74) is -5.27. The van der Waals surface area contributed by atoms with Crippen LogP contribution in [-0.2, 0) is 21.0 Å². The number of hydrogen-bond donors (Lipinski definition) is 8. The van der Waals surface area contributed by atoms with Gasteiger partial charge in [-0.2, -0.15) is 0 Å². The lowest BCUT2D eigenvalue weighted by Gasteiger charge is -2.32. The summed E-state index contributed by atoms with van der Waals surface area (Å²) in [5.74, 6) is -3.71. The Labute approximate surface area is 335 Å². The number of carbonyl (C=O) groups is 4. The first-order valence-corrected chi connectivity index (χ1v) is 18.7. The number of aryl methyl sites for hydroxylation is 2. The zero-order valence-corrected chi connectivity index (χ0v) is 32.8. The van der Waals surface area contributed by atoms with Crippen LogP contribution in [-0.4, -0.2) is 104 Å². The van der Waals surface area contributed by atoms with Gasteiger partial charge in [0.15, 0.2) is 0 Å². The van der Waals surface area contributed by atoms with E-state index >= 15 is 0 Å². The number of benzene rings is 2. The van der Waals surface area contributed by atoms with Crippen molar-refractivity contribution >= 4 is 67.2 Å². The maximum Gasteiger partial charge on any atom is 0.273 e. The molecule has 4 heterocycles. The summed E-state index contributed by atoms with van der Waals surface area (Å²) in [6, 6.07) is 13.5. The Kier molecular flexibility index (Phi) is 11.9. The van der Waals surface area contributed by atoms with Crippen molar-refractivity contribution in [2.75, 3.05) is 40.4 Å². The Morgan fingerprint density at radius 2 is 1.03 bits per heavy atom. The first kappa shape index (κ1) is 42.0. The largest absolute Gasteiger partial charge is 0.395 e. The molecule has 6 rings (SSSR count). The van der Waals surface area contributed by atoms with E-state index < -0.39 is 78.7 Å². The molecule has 59 heavy (non-hydrogen) atoms. The molecule has 0 saturated heterocycles. The van der Waals surface area contributed by atoms with Crippen LogP contribution in [0.1, 0.15) is 51.1 Å². The fourth-order valence-corrected chi connectivity index (χ4v) is 7.27. The second kappa shape index (κ2) is 16.7. The van der Waals surface area contributed by atoms with Gasteiger partial charge in [-0.05, 0) is 43.5 Å². The van der Waals surface area contributed by atoms with Crippen LogP contribution in [0.4, 0.5) is 0 Å². The fourth-order valence-electron chi connectivity index (χ4n) is 7.27. The molecule has 4 aromatic heterocycles. The molecule has 2 aromatic carbocycles. The normalized spacial score (nSPS) is 13.6. The van der Waals surface area contributed by atoms with Crippen molar-refractivity contribution in [3.05, 3.63) is 104 Å². The lowest BCUT2D eigenvalue weighted by Crippen LogP contribution is -2.54. The Hall–Kier alpha value is -6.60. The lowest BCUT2D eigenvalue weighted by atomic mass is 9.97. The van der Waals surface area contributed by atoms with Gasteiger partial charge in [-0.15, -0.1) is 0 Å². The Morgan fingerprint density at radius 1 is 0.644 bits per heavy atom. The summed E-state index contributed by atoms with van der Waals surface area (Å²) in [5, 5.41) is 53.8. The number of fused-ring (bicyclic) bond motifs is 4. The van der Waals surface area contributed by atoms with E-state index in [2.05, 4.69) is 31.2 Å². The van der Waals surface area contributed by atoms with Crippen LogP contribution in [0, 0.1) is 13.8 Å². The number of nitrogens with zero attached hydrogens (tertiary/aromatic N) is 4. The van der Waals surface area contributed by atoms with Gasteiger partial charge in [-0.3, -0.25) is 37.9 Å². The van der Waals surface area contributed by atoms with Crippen LogP contribution in [0.2, 0.25) is 0 Å². The number of amides is 4. The zero-order chi connectivity index (χ0) is 42.8. The number of aliphatic hydroxyl groups is 4. The Morgan fingerprint density at radius 3 is 1.39 bits per heavy atom. The quantitative estimate of drug-likeness (QED) is 0.0683. The van der Waals surface area contributed by atoms with Crippen LogP contribution in [0.15, 0.2) is 70.5 Å². The van der Waals surface area contributed by atoms with Crippen LogP contribution in [0.5, 0.6) is 0 Å². The maximum absolute atomic E-state index is 14.3. The third-order valence-electron chi connectivity index (χ3n) is 10.3. The molecule has 8 N–H and O–H groups in total. The first-order valence-electron chi connectivity index (χ1n) is 18.7. The highest BCUT2D eigenvalue weighted by Crippen LogP contribution is 2.30. The molecule has 308 valence electrons. The monoisotopic (exact) mass is 808 g/mol. The lowest BCUT2D eigenvalue weighted by molar-refractivity contribution is -0.157. The Bertz CT molecular complexity index is 2610. The van der Waals surface area contributed by atoms with E-state index in [0.717, 1.165) is 23.5 Å². The average molecular weight is 809 g/mol. The molecule has 0 saturated carbocycles. The van der Waals surface area contributed by atoms with Crippen molar-refractivity contribution in [1.82, 2.24) is 40.4 Å². The van der Waals surface area contributed by atoms with Crippen LogP contribution in [0.25, 0.3) is 43.6 Å². The van der Waals surface area contributed by atoms with Gasteiger partial charge in [0.25, 0.3) is 34.7 Å². The maximum atomic E-state index is 14.3. The zero-order valence-electron chi connectivity index (χ0n) is 32.8. The summed E-state index contributed by atoms with van der Waals surface area (Å²) in [4.78, 5) is 92.2. The SMILES string of the molecule is CNC(=O)C(O)(CCCC(O)(C(=O)NC)n1cc(C(=O)NCCO)c2nc3c(C)cccc3cc2c1=O)n1cc(C(=O)NCCO)c2nc3c(C)cccc3cc2c1=O. The highest BCUT2D eigenvalue weighted by molar-refractivity contribution is 6.09. The van der Waals surface area contributed by atoms with Gasteiger partial charge in [0.1, 0.15) is 0 Å². The molecule has 0 radical (unpaired) electrons. The third-order valence-corrected chi connectivity index (χ3v) is 10.3. The van der Waals surface area contributed by atoms with Gasteiger partial charge in [0.2, 0.25) is 11.4 Å². The molecule has 18 nitrogen and oxygen atoms in total. The summed E-state index contributed by atoms with van der Waals surface area (Å²) in [6.07, 6.45) is 0.225. The smallest absolute Gasteiger partial charge is 0.273 e. The number of aromatic nitrogens is 4. The van der Waals surface area contributed by atoms with Crippen molar-refractivity contribution in [3.63, 3.8) is 0 Å². The van der Waals surface area contributed by atoms with Crippen molar-refractivity contribution in [3.8, 4) is 0 Å². The van der Waals surface area contributed by atoms with Gasteiger partial charge < -0.3 is 41.7 Å². The molecular formula is C41H44N8O10. The molecule has 0 bridgehead atoms. The van der Waals surface area contributed by atoms with E-state index in [4.69, 9.17) is 0 Å². The number of carbonyl (C=O) groups excluding carboxylic acids is 4. The van der Waals surface area contributed by atoms with Crippen molar-refractivity contribution in [2.45, 2.75) is 44.6 Å². The van der Waals surface area contributed by atoms with Gasteiger partial charge in [0, 0.05) is 63.2 Å². The molecular weight excluding hydrogens is 764 g/mol. The number of pyridine rings is 4. The third kappa shape index (κ3) is 7.49. The molecule has 0 fully saturated rings. The van der Waals surface area contributed by atoms with Gasteiger partial charge >= 0.3 is 0 Å². The minimum Gasteiger partial charge on any atom is -0.395 e. The van der Waals surface area contributed by atoms with E-state index in [9.17, 15) is 49.2 Å². The number of rotatable bonds is 14. The second-order valence-corrected chi connectivity index (χ2v) is 14.1. The van der Waals surface area contributed by atoms with Crippen LogP contribution >= 0.6 is 0 Å². The molecule has 0 aliphatic rings. The van der Waals surface area contributed by atoms with E-state index in [1.165, 1.54) is 26.2 Å². The van der Waals surface area contributed by atoms with E-state index in [0.29, 0.717) is 30.9 Å². The fraction of sp³-hybridized carbons (Fsp3) is 0.317. The molecule has 0 spiro atoms. The highest BCUT2D eigenvalue weighted by Gasteiger charge is 2.43. The molecule has 2 atom stereocenters. The van der Waals surface area contributed by atoms with Crippen molar-refractivity contribution < 1.29 is 39.6 Å². The topological polar surface area (TPSA) is 267 Å².